The third-order valence-corrected chi connectivity index (χ3v) is 5.74. The number of halogens is 1. The molecule has 4 nitrogen and oxygen atoms in total. The minimum absolute atomic E-state index is 0.685. The van der Waals surface area contributed by atoms with Crippen molar-refractivity contribution in [2.75, 3.05) is 5.84 Å². The Morgan fingerprint density at radius 1 is 1.19 bits per heavy atom. The number of rotatable bonds is 4. The third-order valence-electron chi connectivity index (χ3n) is 2.95. The van der Waals surface area contributed by atoms with Crippen molar-refractivity contribution < 1.29 is 0 Å². The first-order valence-corrected chi connectivity index (χ1v) is 8.87. The largest absolute Gasteiger partial charge is 0.335 e. The van der Waals surface area contributed by atoms with Crippen molar-refractivity contribution in [1.29, 1.82) is 0 Å². The number of benzene rings is 1. The topological polar surface area (TPSA) is 56.7 Å². The summed E-state index contributed by atoms with van der Waals surface area (Å²) >= 11 is 6.77. The Morgan fingerprint density at radius 3 is 2.62 bits per heavy atom. The highest BCUT2D eigenvalue weighted by atomic mass is 79.9. The van der Waals surface area contributed by atoms with Gasteiger partial charge in [0.2, 0.25) is 5.16 Å². The number of nitrogens with zero attached hydrogens (tertiary/aromatic N) is 3. The molecule has 0 aliphatic heterocycles. The fourth-order valence-electron chi connectivity index (χ4n) is 1.84. The molecule has 0 spiro atoms. The molecule has 2 N–H and O–H groups in total. The summed E-state index contributed by atoms with van der Waals surface area (Å²) in [6.07, 6.45) is 0. The summed E-state index contributed by atoms with van der Waals surface area (Å²) in [5.74, 6) is 7.63. The van der Waals surface area contributed by atoms with Crippen LogP contribution in [-0.2, 0) is 5.75 Å². The van der Waals surface area contributed by atoms with Crippen LogP contribution in [0.2, 0.25) is 0 Å². The van der Waals surface area contributed by atoms with Gasteiger partial charge in [0.05, 0.1) is 3.79 Å². The molecule has 7 heteroatoms. The molecule has 2 heterocycles. The summed E-state index contributed by atoms with van der Waals surface area (Å²) in [5, 5.41) is 9.09. The SMILES string of the molecule is Cc1ccc(-c2nnc(SCc3ccc(Br)s3)n2N)cc1. The van der Waals surface area contributed by atoms with Gasteiger partial charge in [-0.15, -0.1) is 21.5 Å². The molecule has 0 atom stereocenters. The molecule has 0 fully saturated rings. The molecule has 21 heavy (non-hydrogen) atoms. The van der Waals surface area contributed by atoms with E-state index >= 15 is 0 Å². The first-order valence-electron chi connectivity index (χ1n) is 6.28. The summed E-state index contributed by atoms with van der Waals surface area (Å²) in [6.45, 7) is 2.05. The summed E-state index contributed by atoms with van der Waals surface area (Å²) in [5.41, 5.74) is 2.18. The van der Waals surface area contributed by atoms with Gasteiger partial charge in [-0.2, -0.15) is 0 Å². The van der Waals surface area contributed by atoms with E-state index in [1.165, 1.54) is 10.4 Å². The molecule has 0 amide bonds. The molecule has 0 unspecified atom stereocenters. The minimum atomic E-state index is 0.685. The highest BCUT2D eigenvalue weighted by molar-refractivity contribution is 9.11. The van der Waals surface area contributed by atoms with Crippen LogP contribution in [0.1, 0.15) is 10.4 Å². The fraction of sp³-hybridized carbons (Fsp3) is 0.143. The van der Waals surface area contributed by atoms with Crippen molar-refractivity contribution in [3.8, 4) is 11.4 Å². The number of thioether (sulfide) groups is 1. The number of aromatic nitrogens is 3. The second-order valence-electron chi connectivity index (χ2n) is 4.54. The summed E-state index contributed by atoms with van der Waals surface area (Å²) in [6, 6.07) is 12.2. The molecule has 0 radical (unpaired) electrons. The highest BCUT2D eigenvalue weighted by Gasteiger charge is 2.12. The lowest BCUT2D eigenvalue weighted by Crippen LogP contribution is -2.11. The second-order valence-corrected chi connectivity index (χ2v) is 8.03. The van der Waals surface area contributed by atoms with E-state index in [1.54, 1.807) is 27.8 Å². The molecule has 0 saturated carbocycles. The molecule has 0 aliphatic carbocycles. The van der Waals surface area contributed by atoms with Gasteiger partial charge in [-0.1, -0.05) is 41.6 Å². The predicted molar refractivity (Wildman–Crippen MR) is 91.9 cm³/mol. The molecule has 0 saturated heterocycles. The maximum atomic E-state index is 6.11. The Morgan fingerprint density at radius 2 is 1.95 bits per heavy atom. The Balaban J connectivity index is 1.77. The van der Waals surface area contributed by atoms with Crippen molar-refractivity contribution >= 4 is 39.0 Å². The number of hydrogen-bond donors (Lipinski definition) is 1. The van der Waals surface area contributed by atoms with Gasteiger partial charge in [-0.05, 0) is 35.0 Å². The maximum absolute atomic E-state index is 6.11. The van der Waals surface area contributed by atoms with E-state index in [0.717, 1.165) is 20.3 Å². The molecular weight excluding hydrogens is 368 g/mol. The smallest absolute Gasteiger partial charge is 0.210 e. The lowest BCUT2D eigenvalue weighted by molar-refractivity contribution is 0.850. The predicted octanol–water partition coefficient (Wildman–Crippen LogP) is 4.08. The Bertz CT molecular complexity index is 749. The summed E-state index contributed by atoms with van der Waals surface area (Å²) < 4.78 is 2.69. The van der Waals surface area contributed by atoms with Crippen LogP contribution < -0.4 is 5.84 Å². The average molecular weight is 381 g/mol. The minimum Gasteiger partial charge on any atom is -0.335 e. The van der Waals surface area contributed by atoms with Crippen LogP contribution in [0.5, 0.6) is 0 Å². The van der Waals surface area contributed by atoms with Gasteiger partial charge in [0.25, 0.3) is 0 Å². The van der Waals surface area contributed by atoms with E-state index in [4.69, 9.17) is 5.84 Å². The third kappa shape index (κ3) is 3.30. The lowest BCUT2D eigenvalue weighted by Gasteiger charge is -2.03. The first kappa shape index (κ1) is 14.6. The maximum Gasteiger partial charge on any atom is 0.210 e. The lowest BCUT2D eigenvalue weighted by atomic mass is 10.1. The van der Waals surface area contributed by atoms with Gasteiger partial charge in [0, 0.05) is 16.2 Å². The zero-order valence-corrected chi connectivity index (χ0v) is 14.5. The number of nitrogen functional groups attached to an aromatic ring is 1. The van der Waals surface area contributed by atoms with Crippen molar-refractivity contribution in [2.24, 2.45) is 0 Å². The van der Waals surface area contributed by atoms with Crippen molar-refractivity contribution in [1.82, 2.24) is 14.9 Å². The molecule has 1 aromatic carbocycles. The van der Waals surface area contributed by atoms with Crippen LogP contribution in [0.15, 0.2) is 45.3 Å². The van der Waals surface area contributed by atoms with Crippen LogP contribution in [0.4, 0.5) is 0 Å². The van der Waals surface area contributed by atoms with Crippen molar-refractivity contribution in [3.63, 3.8) is 0 Å². The van der Waals surface area contributed by atoms with Crippen LogP contribution >= 0.6 is 39.0 Å². The van der Waals surface area contributed by atoms with E-state index in [0.29, 0.717) is 5.82 Å². The van der Waals surface area contributed by atoms with E-state index < -0.39 is 0 Å². The summed E-state index contributed by atoms with van der Waals surface area (Å²) in [4.78, 5) is 1.27. The Kier molecular flexibility index (Phi) is 4.32. The molecule has 0 aliphatic rings. The molecule has 3 aromatic rings. The van der Waals surface area contributed by atoms with Crippen LogP contribution in [0.3, 0.4) is 0 Å². The fourth-order valence-corrected chi connectivity index (χ4v) is 4.22. The highest BCUT2D eigenvalue weighted by Crippen LogP contribution is 2.29. The van der Waals surface area contributed by atoms with Gasteiger partial charge < -0.3 is 5.84 Å². The normalized spacial score (nSPS) is 11.0. The van der Waals surface area contributed by atoms with Crippen LogP contribution in [0, 0.1) is 6.92 Å². The molecule has 3 rings (SSSR count). The average Bonchev–Trinajstić information content (AvgIpc) is 3.04. The standard InChI is InChI=1S/C14H13BrN4S2/c1-9-2-4-10(5-3-9)13-17-18-14(19(13)16)20-8-11-6-7-12(15)21-11/h2-7H,8,16H2,1H3. The van der Waals surface area contributed by atoms with Gasteiger partial charge in [-0.25, -0.2) is 4.68 Å². The van der Waals surface area contributed by atoms with E-state index in [-0.39, 0.29) is 0 Å². The number of hydrogen-bond acceptors (Lipinski definition) is 5. The van der Waals surface area contributed by atoms with Crippen LogP contribution in [-0.4, -0.2) is 14.9 Å². The van der Waals surface area contributed by atoms with Gasteiger partial charge in [0.1, 0.15) is 0 Å². The Labute approximate surface area is 139 Å². The summed E-state index contributed by atoms with van der Waals surface area (Å²) in [7, 11) is 0. The zero-order chi connectivity index (χ0) is 14.8. The zero-order valence-electron chi connectivity index (χ0n) is 11.3. The first-order chi connectivity index (χ1) is 10.1. The Hall–Kier alpha value is -1.31. The van der Waals surface area contributed by atoms with E-state index in [9.17, 15) is 0 Å². The van der Waals surface area contributed by atoms with Gasteiger partial charge in [0.15, 0.2) is 5.82 Å². The van der Waals surface area contributed by atoms with Gasteiger partial charge in [-0.3, -0.25) is 0 Å². The van der Waals surface area contributed by atoms with E-state index in [2.05, 4.69) is 39.1 Å². The molecule has 0 bridgehead atoms. The number of thiophene rings is 1. The van der Waals surface area contributed by atoms with Crippen LogP contribution in [0.25, 0.3) is 11.4 Å². The number of aryl methyl sites for hydroxylation is 1. The van der Waals surface area contributed by atoms with Crippen molar-refractivity contribution in [3.05, 3.63) is 50.6 Å². The van der Waals surface area contributed by atoms with Gasteiger partial charge >= 0.3 is 0 Å². The second kappa shape index (κ2) is 6.21. The molecule has 2 aromatic heterocycles. The monoisotopic (exact) mass is 380 g/mol. The van der Waals surface area contributed by atoms with E-state index in [1.807, 2.05) is 30.3 Å². The number of nitrogens with two attached hydrogens (primary N) is 1. The molecular formula is C14H13BrN4S2. The molecule has 108 valence electrons. The quantitative estimate of drug-likeness (QED) is 0.547. The van der Waals surface area contributed by atoms with Crippen molar-refractivity contribution in [2.45, 2.75) is 17.8 Å².